The molecule has 0 aliphatic heterocycles. The molecular formula is C15H13FN2OS. The minimum atomic E-state index is -0.245. The number of benzene rings is 1. The second-order valence-corrected chi connectivity index (χ2v) is 5.07. The molecule has 0 bridgehead atoms. The number of hydrogen-bond donors (Lipinski definition) is 1. The van der Waals surface area contributed by atoms with Gasteiger partial charge < -0.3 is 9.73 Å². The molecule has 0 spiro atoms. The summed E-state index contributed by atoms with van der Waals surface area (Å²) in [5, 5.41) is 5.28. The Balaban J connectivity index is 1.60. The summed E-state index contributed by atoms with van der Waals surface area (Å²) in [6.07, 6.45) is 0. The molecule has 102 valence electrons. The van der Waals surface area contributed by atoms with Crippen molar-refractivity contribution in [1.29, 1.82) is 0 Å². The lowest BCUT2D eigenvalue weighted by Crippen LogP contribution is -2.12. The molecule has 3 aromatic rings. The van der Waals surface area contributed by atoms with Gasteiger partial charge in [0.1, 0.15) is 17.3 Å². The summed E-state index contributed by atoms with van der Waals surface area (Å²) in [5.74, 6) is 1.35. The summed E-state index contributed by atoms with van der Waals surface area (Å²) in [4.78, 5) is 4.20. The summed E-state index contributed by atoms with van der Waals surface area (Å²) < 4.78 is 18.6. The van der Waals surface area contributed by atoms with E-state index in [-0.39, 0.29) is 5.82 Å². The molecule has 3 nitrogen and oxygen atoms in total. The Morgan fingerprint density at radius 2 is 1.95 bits per heavy atom. The van der Waals surface area contributed by atoms with Gasteiger partial charge >= 0.3 is 0 Å². The van der Waals surface area contributed by atoms with Gasteiger partial charge in [-0.15, -0.1) is 11.3 Å². The maximum Gasteiger partial charge on any atom is 0.134 e. The summed E-state index contributed by atoms with van der Waals surface area (Å²) in [7, 11) is 0. The van der Waals surface area contributed by atoms with Gasteiger partial charge in [-0.1, -0.05) is 0 Å². The van der Waals surface area contributed by atoms with Crippen LogP contribution >= 0.6 is 11.3 Å². The highest BCUT2D eigenvalue weighted by molar-refractivity contribution is 7.07. The topological polar surface area (TPSA) is 38.1 Å². The average Bonchev–Trinajstić information content (AvgIpc) is 3.11. The molecule has 2 heterocycles. The van der Waals surface area contributed by atoms with Crippen molar-refractivity contribution in [3.8, 4) is 11.3 Å². The van der Waals surface area contributed by atoms with E-state index < -0.39 is 0 Å². The van der Waals surface area contributed by atoms with Gasteiger partial charge in [-0.2, -0.15) is 0 Å². The largest absolute Gasteiger partial charge is 0.460 e. The highest BCUT2D eigenvalue weighted by atomic mass is 32.1. The van der Waals surface area contributed by atoms with E-state index in [1.807, 2.05) is 23.0 Å². The zero-order chi connectivity index (χ0) is 13.8. The van der Waals surface area contributed by atoms with Gasteiger partial charge in [0, 0.05) is 17.5 Å². The first-order valence-electron chi connectivity index (χ1n) is 6.24. The van der Waals surface area contributed by atoms with Gasteiger partial charge in [0.15, 0.2) is 0 Å². The fourth-order valence-corrected chi connectivity index (χ4v) is 2.44. The van der Waals surface area contributed by atoms with Crippen LogP contribution < -0.4 is 5.32 Å². The Kier molecular flexibility index (Phi) is 3.90. The van der Waals surface area contributed by atoms with Crippen LogP contribution in [0.1, 0.15) is 11.5 Å². The molecule has 2 aromatic heterocycles. The quantitative estimate of drug-likeness (QED) is 0.775. The molecule has 3 rings (SSSR count). The molecule has 20 heavy (non-hydrogen) atoms. The Bertz CT molecular complexity index is 662. The highest BCUT2D eigenvalue weighted by Gasteiger charge is 2.05. The lowest BCUT2D eigenvalue weighted by Gasteiger charge is -2.00. The van der Waals surface area contributed by atoms with Gasteiger partial charge in [-0.25, -0.2) is 9.37 Å². The lowest BCUT2D eigenvalue weighted by atomic mass is 10.2. The third kappa shape index (κ3) is 3.12. The molecule has 0 unspecified atom stereocenters. The third-order valence-corrected chi connectivity index (χ3v) is 3.51. The minimum absolute atomic E-state index is 0.245. The highest BCUT2D eigenvalue weighted by Crippen LogP contribution is 2.22. The smallest absolute Gasteiger partial charge is 0.134 e. The van der Waals surface area contributed by atoms with E-state index in [4.69, 9.17) is 4.42 Å². The molecular weight excluding hydrogens is 275 g/mol. The van der Waals surface area contributed by atoms with Crippen LogP contribution in [-0.4, -0.2) is 4.98 Å². The molecule has 0 aliphatic rings. The second-order valence-electron chi connectivity index (χ2n) is 4.36. The van der Waals surface area contributed by atoms with E-state index in [1.54, 1.807) is 23.5 Å². The van der Waals surface area contributed by atoms with Crippen LogP contribution in [0.4, 0.5) is 4.39 Å². The van der Waals surface area contributed by atoms with Gasteiger partial charge in [0.2, 0.25) is 0 Å². The maximum absolute atomic E-state index is 12.9. The molecule has 1 N–H and O–H groups in total. The zero-order valence-electron chi connectivity index (χ0n) is 10.7. The summed E-state index contributed by atoms with van der Waals surface area (Å²) in [6.45, 7) is 1.36. The molecule has 0 radical (unpaired) electrons. The van der Waals surface area contributed by atoms with E-state index in [0.717, 1.165) is 29.3 Å². The minimum Gasteiger partial charge on any atom is -0.460 e. The van der Waals surface area contributed by atoms with Crippen molar-refractivity contribution >= 4 is 11.3 Å². The fraction of sp³-hybridized carbons (Fsp3) is 0.133. The predicted octanol–water partition coefficient (Wildman–Crippen LogP) is 3.83. The van der Waals surface area contributed by atoms with Crippen molar-refractivity contribution in [2.24, 2.45) is 0 Å². The molecule has 1 aromatic carbocycles. The average molecular weight is 288 g/mol. The zero-order valence-corrected chi connectivity index (χ0v) is 11.5. The van der Waals surface area contributed by atoms with E-state index in [9.17, 15) is 4.39 Å². The monoisotopic (exact) mass is 288 g/mol. The van der Waals surface area contributed by atoms with Gasteiger partial charge in [-0.05, 0) is 36.4 Å². The van der Waals surface area contributed by atoms with E-state index >= 15 is 0 Å². The van der Waals surface area contributed by atoms with Crippen molar-refractivity contribution in [1.82, 2.24) is 10.3 Å². The number of halogens is 1. The molecule has 0 saturated heterocycles. The standard InChI is InChI=1S/C15H13FN2OS/c16-12-3-1-11(2-4-12)15-6-5-14(19-15)8-17-7-13-9-20-10-18-13/h1-6,9-10,17H,7-8H2. The number of furan rings is 1. The Labute approximate surface area is 120 Å². The van der Waals surface area contributed by atoms with E-state index in [1.165, 1.54) is 12.1 Å². The number of thiazole rings is 1. The van der Waals surface area contributed by atoms with Crippen LogP contribution in [-0.2, 0) is 13.1 Å². The molecule has 0 aliphatic carbocycles. The molecule has 0 saturated carbocycles. The fourth-order valence-electron chi connectivity index (χ4n) is 1.88. The van der Waals surface area contributed by atoms with E-state index in [0.29, 0.717) is 6.54 Å². The van der Waals surface area contributed by atoms with Crippen molar-refractivity contribution in [2.75, 3.05) is 0 Å². The van der Waals surface area contributed by atoms with E-state index in [2.05, 4.69) is 10.3 Å². The van der Waals surface area contributed by atoms with Crippen LogP contribution in [0.15, 0.2) is 51.7 Å². The van der Waals surface area contributed by atoms with Crippen molar-refractivity contribution in [3.05, 3.63) is 64.6 Å². The van der Waals surface area contributed by atoms with Crippen LogP contribution in [0.25, 0.3) is 11.3 Å². The summed E-state index contributed by atoms with van der Waals surface area (Å²) in [5.41, 5.74) is 3.72. The first kappa shape index (κ1) is 13.0. The third-order valence-electron chi connectivity index (χ3n) is 2.88. The first-order chi connectivity index (χ1) is 9.81. The Morgan fingerprint density at radius 3 is 2.70 bits per heavy atom. The summed E-state index contributed by atoms with van der Waals surface area (Å²) >= 11 is 1.58. The Hall–Kier alpha value is -1.98. The van der Waals surface area contributed by atoms with Crippen LogP contribution in [0.2, 0.25) is 0 Å². The maximum atomic E-state index is 12.9. The summed E-state index contributed by atoms with van der Waals surface area (Å²) in [6, 6.07) is 10.1. The van der Waals surface area contributed by atoms with Crippen LogP contribution in [0.5, 0.6) is 0 Å². The SMILES string of the molecule is Fc1ccc(-c2ccc(CNCc3cscn3)o2)cc1. The second kappa shape index (κ2) is 5.98. The number of nitrogens with zero attached hydrogens (tertiary/aromatic N) is 1. The van der Waals surface area contributed by atoms with Crippen molar-refractivity contribution < 1.29 is 8.81 Å². The number of hydrogen-bond acceptors (Lipinski definition) is 4. The normalized spacial score (nSPS) is 10.8. The van der Waals surface area contributed by atoms with Crippen molar-refractivity contribution in [3.63, 3.8) is 0 Å². The van der Waals surface area contributed by atoms with Crippen LogP contribution in [0, 0.1) is 5.82 Å². The van der Waals surface area contributed by atoms with Gasteiger partial charge in [0.05, 0.1) is 17.7 Å². The Morgan fingerprint density at radius 1 is 1.10 bits per heavy atom. The molecule has 5 heteroatoms. The number of rotatable bonds is 5. The van der Waals surface area contributed by atoms with Crippen molar-refractivity contribution in [2.45, 2.75) is 13.1 Å². The van der Waals surface area contributed by atoms with Crippen LogP contribution in [0.3, 0.4) is 0 Å². The lowest BCUT2D eigenvalue weighted by molar-refractivity contribution is 0.492. The van der Waals surface area contributed by atoms with Gasteiger partial charge in [-0.3, -0.25) is 0 Å². The molecule has 0 atom stereocenters. The predicted molar refractivity (Wildman–Crippen MR) is 76.8 cm³/mol. The number of aromatic nitrogens is 1. The van der Waals surface area contributed by atoms with Gasteiger partial charge in [0.25, 0.3) is 0 Å². The molecule has 0 amide bonds. The first-order valence-corrected chi connectivity index (χ1v) is 7.18. The number of nitrogens with one attached hydrogen (secondary N) is 1. The molecule has 0 fully saturated rings.